The molecule has 0 amide bonds. The van der Waals surface area contributed by atoms with Gasteiger partial charge in [-0.2, -0.15) is 5.26 Å². The van der Waals surface area contributed by atoms with Crippen molar-refractivity contribution in [3.8, 4) is 6.07 Å². The molecular formula is C11H9BrINO. The van der Waals surface area contributed by atoms with E-state index >= 15 is 0 Å². The lowest BCUT2D eigenvalue weighted by atomic mass is 9.97. The molecule has 4 heteroatoms. The van der Waals surface area contributed by atoms with Crippen LogP contribution in [0.5, 0.6) is 0 Å². The van der Waals surface area contributed by atoms with Crippen molar-refractivity contribution < 1.29 is 4.79 Å². The molecule has 0 radical (unpaired) electrons. The SMILES string of the molecule is CCC(C#N)C(=O)c1cc(I)ccc1Br. The van der Waals surface area contributed by atoms with Gasteiger partial charge in [0.15, 0.2) is 5.78 Å². The van der Waals surface area contributed by atoms with Crippen LogP contribution >= 0.6 is 38.5 Å². The van der Waals surface area contributed by atoms with Crippen molar-refractivity contribution in [2.24, 2.45) is 5.92 Å². The lowest BCUT2D eigenvalue weighted by molar-refractivity contribution is 0.0946. The van der Waals surface area contributed by atoms with Crippen LogP contribution in [-0.4, -0.2) is 5.78 Å². The number of nitriles is 1. The number of Topliss-reactive ketones (excluding diaryl/α,β-unsaturated/α-hetero) is 1. The second kappa shape index (κ2) is 5.61. The maximum atomic E-state index is 11.9. The standard InChI is InChI=1S/C11H9BrINO/c1-2-7(6-14)11(15)9-5-8(13)3-4-10(9)12/h3-5,7H,2H2,1H3. The van der Waals surface area contributed by atoms with E-state index in [-0.39, 0.29) is 5.78 Å². The van der Waals surface area contributed by atoms with E-state index in [9.17, 15) is 4.79 Å². The summed E-state index contributed by atoms with van der Waals surface area (Å²) in [6.45, 7) is 1.84. The van der Waals surface area contributed by atoms with Crippen molar-refractivity contribution in [1.29, 1.82) is 5.26 Å². The Morgan fingerprint density at radius 3 is 2.87 bits per heavy atom. The second-order valence-electron chi connectivity index (χ2n) is 3.08. The number of halogens is 2. The molecule has 0 aromatic heterocycles. The number of hydrogen-bond donors (Lipinski definition) is 0. The molecule has 0 spiro atoms. The second-order valence-corrected chi connectivity index (χ2v) is 5.18. The lowest BCUT2D eigenvalue weighted by Crippen LogP contribution is -2.12. The maximum absolute atomic E-state index is 11.9. The monoisotopic (exact) mass is 377 g/mol. The van der Waals surface area contributed by atoms with Gasteiger partial charge in [0.05, 0.1) is 6.07 Å². The summed E-state index contributed by atoms with van der Waals surface area (Å²) in [4.78, 5) is 11.9. The van der Waals surface area contributed by atoms with Crippen LogP contribution in [-0.2, 0) is 0 Å². The highest BCUT2D eigenvalue weighted by Gasteiger charge is 2.19. The van der Waals surface area contributed by atoms with Crippen LogP contribution < -0.4 is 0 Å². The topological polar surface area (TPSA) is 40.9 Å². The van der Waals surface area contributed by atoms with Gasteiger partial charge in [0.25, 0.3) is 0 Å². The van der Waals surface area contributed by atoms with Crippen LogP contribution in [0.1, 0.15) is 23.7 Å². The molecule has 15 heavy (non-hydrogen) atoms. The molecule has 0 aliphatic rings. The van der Waals surface area contributed by atoms with E-state index in [0.29, 0.717) is 12.0 Å². The van der Waals surface area contributed by atoms with Crippen LogP contribution in [0.2, 0.25) is 0 Å². The number of carbonyl (C=O) groups is 1. The fourth-order valence-electron chi connectivity index (χ4n) is 1.21. The fraction of sp³-hybridized carbons (Fsp3) is 0.273. The van der Waals surface area contributed by atoms with Gasteiger partial charge < -0.3 is 0 Å². The molecule has 0 N–H and O–H groups in total. The van der Waals surface area contributed by atoms with Gasteiger partial charge in [0.1, 0.15) is 5.92 Å². The predicted octanol–water partition coefficient (Wildman–Crippen LogP) is 3.79. The summed E-state index contributed by atoms with van der Waals surface area (Å²) in [5, 5.41) is 8.83. The number of ketones is 1. The summed E-state index contributed by atoms with van der Waals surface area (Å²) in [7, 11) is 0. The van der Waals surface area contributed by atoms with Gasteiger partial charge >= 0.3 is 0 Å². The number of carbonyl (C=O) groups excluding carboxylic acids is 1. The zero-order valence-electron chi connectivity index (χ0n) is 8.13. The minimum atomic E-state index is -0.542. The summed E-state index contributed by atoms with van der Waals surface area (Å²) in [5.41, 5.74) is 0.593. The largest absolute Gasteiger partial charge is 0.293 e. The summed E-state index contributed by atoms with van der Waals surface area (Å²) < 4.78 is 1.74. The molecule has 0 saturated carbocycles. The molecule has 1 aromatic rings. The average Bonchev–Trinajstić information content (AvgIpc) is 2.23. The molecular weight excluding hydrogens is 369 g/mol. The first-order valence-corrected chi connectivity index (χ1v) is 6.36. The number of rotatable bonds is 3. The number of nitrogens with zero attached hydrogens (tertiary/aromatic N) is 1. The Balaban J connectivity index is 3.11. The van der Waals surface area contributed by atoms with Crippen LogP contribution in [0.4, 0.5) is 0 Å². The first kappa shape index (κ1) is 12.7. The minimum Gasteiger partial charge on any atom is -0.293 e. The van der Waals surface area contributed by atoms with E-state index in [1.807, 2.05) is 25.1 Å². The molecule has 0 aliphatic carbocycles. The van der Waals surface area contributed by atoms with Gasteiger partial charge in [0.2, 0.25) is 0 Å². The first-order chi connectivity index (χ1) is 7.10. The molecule has 0 saturated heterocycles. The van der Waals surface area contributed by atoms with E-state index in [0.717, 1.165) is 8.04 Å². The highest BCUT2D eigenvalue weighted by molar-refractivity contribution is 14.1. The third kappa shape index (κ3) is 3.02. The Morgan fingerprint density at radius 2 is 2.33 bits per heavy atom. The Bertz CT molecular complexity index is 425. The van der Waals surface area contributed by atoms with E-state index in [4.69, 9.17) is 5.26 Å². The molecule has 0 aliphatic heterocycles. The fourth-order valence-corrected chi connectivity index (χ4v) is 2.14. The summed E-state index contributed by atoms with van der Waals surface area (Å²) in [5.74, 6) is -0.648. The summed E-state index contributed by atoms with van der Waals surface area (Å²) >= 11 is 5.47. The van der Waals surface area contributed by atoms with Crippen molar-refractivity contribution in [2.75, 3.05) is 0 Å². The van der Waals surface area contributed by atoms with Gasteiger partial charge in [-0.3, -0.25) is 4.79 Å². The average molecular weight is 378 g/mol. The van der Waals surface area contributed by atoms with Crippen molar-refractivity contribution in [3.63, 3.8) is 0 Å². The van der Waals surface area contributed by atoms with Gasteiger partial charge in [-0.25, -0.2) is 0 Å². The smallest absolute Gasteiger partial charge is 0.181 e. The zero-order chi connectivity index (χ0) is 11.4. The Morgan fingerprint density at radius 1 is 1.67 bits per heavy atom. The summed E-state index contributed by atoms with van der Waals surface area (Å²) in [6.07, 6.45) is 0.549. The highest BCUT2D eigenvalue weighted by Crippen LogP contribution is 2.23. The van der Waals surface area contributed by atoms with Gasteiger partial charge in [0, 0.05) is 13.6 Å². The summed E-state index contributed by atoms with van der Waals surface area (Å²) in [6, 6.07) is 7.57. The van der Waals surface area contributed by atoms with Crippen LogP contribution in [0, 0.1) is 20.8 Å². The molecule has 1 unspecified atom stereocenters. The van der Waals surface area contributed by atoms with E-state index in [2.05, 4.69) is 38.5 Å². The molecule has 1 aromatic carbocycles. The van der Waals surface area contributed by atoms with Crippen LogP contribution in [0.15, 0.2) is 22.7 Å². The lowest BCUT2D eigenvalue weighted by Gasteiger charge is -2.07. The van der Waals surface area contributed by atoms with Crippen LogP contribution in [0.3, 0.4) is 0 Å². The van der Waals surface area contributed by atoms with Crippen molar-refractivity contribution >= 4 is 44.3 Å². The molecule has 0 heterocycles. The molecule has 78 valence electrons. The van der Waals surface area contributed by atoms with E-state index < -0.39 is 5.92 Å². The minimum absolute atomic E-state index is 0.106. The van der Waals surface area contributed by atoms with E-state index in [1.54, 1.807) is 6.07 Å². The Labute approximate surface area is 111 Å². The van der Waals surface area contributed by atoms with Crippen molar-refractivity contribution in [3.05, 3.63) is 31.8 Å². The quantitative estimate of drug-likeness (QED) is 0.594. The van der Waals surface area contributed by atoms with Crippen molar-refractivity contribution in [1.82, 2.24) is 0 Å². The van der Waals surface area contributed by atoms with Gasteiger partial charge in [-0.15, -0.1) is 0 Å². The third-order valence-corrected chi connectivity index (χ3v) is 3.44. The van der Waals surface area contributed by atoms with Gasteiger partial charge in [-0.1, -0.05) is 22.9 Å². The Hall–Kier alpha value is -0.410. The third-order valence-electron chi connectivity index (χ3n) is 2.07. The maximum Gasteiger partial charge on any atom is 0.181 e. The normalized spacial score (nSPS) is 11.9. The number of benzene rings is 1. The molecule has 2 nitrogen and oxygen atoms in total. The molecule has 0 bridgehead atoms. The zero-order valence-corrected chi connectivity index (χ0v) is 11.9. The van der Waals surface area contributed by atoms with Crippen LogP contribution in [0.25, 0.3) is 0 Å². The first-order valence-electron chi connectivity index (χ1n) is 4.49. The molecule has 1 rings (SSSR count). The predicted molar refractivity (Wildman–Crippen MR) is 70.6 cm³/mol. The molecule has 1 atom stereocenters. The van der Waals surface area contributed by atoms with Gasteiger partial charge in [-0.05, 0) is 47.2 Å². The Kier molecular flexibility index (Phi) is 4.74. The number of hydrogen-bond acceptors (Lipinski definition) is 2. The van der Waals surface area contributed by atoms with E-state index in [1.165, 1.54) is 0 Å². The highest BCUT2D eigenvalue weighted by atomic mass is 127. The molecule has 0 fully saturated rings. The van der Waals surface area contributed by atoms with Crippen molar-refractivity contribution in [2.45, 2.75) is 13.3 Å².